The van der Waals surface area contributed by atoms with E-state index in [-0.39, 0.29) is 17.8 Å². The zero-order valence-electron chi connectivity index (χ0n) is 15.4. The van der Waals surface area contributed by atoms with Crippen LogP contribution in [0.1, 0.15) is 35.3 Å². The van der Waals surface area contributed by atoms with Crippen molar-refractivity contribution in [1.82, 2.24) is 5.32 Å². The topological polar surface area (TPSA) is 72.5 Å². The van der Waals surface area contributed by atoms with E-state index in [2.05, 4.69) is 5.32 Å². The second-order valence-corrected chi connectivity index (χ2v) is 8.72. The molecule has 0 aliphatic carbocycles. The summed E-state index contributed by atoms with van der Waals surface area (Å²) >= 11 is 0. The molecule has 0 unspecified atom stereocenters. The number of hydrogen-bond acceptors (Lipinski definition) is 4. The van der Waals surface area contributed by atoms with E-state index in [0.29, 0.717) is 17.7 Å². The van der Waals surface area contributed by atoms with Crippen LogP contribution in [0.2, 0.25) is 0 Å². The van der Waals surface area contributed by atoms with Gasteiger partial charge in [0.2, 0.25) is 0 Å². The molecule has 2 aromatic rings. The van der Waals surface area contributed by atoms with Gasteiger partial charge in [0.25, 0.3) is 5.91 Å². The van der Waals surface area contributed by atoms with Crippen LogP contribution < -0.4 is 10.1 Å². The summed E-state index contributed by atoms with van der Waals surface area (Å²) in [7, 11) is -3.07. The normalized spacial score (nSPS) is 11.4. The van der Waals surface area contributed by atoms with E-state index in [1.54, 1.807) is 24.3 Å². The lowest BCUT2D eigenvalue weighted by Crippen LogP contribution is -2.25. The van der Waals surface area contributed by atoms with Crippen molar-refractivity contribution in [3.63, 3.8) is 0 Å². The second-order valence-electron chi connectivity index (χ2n) is 6.58. The molecule has 0 radical (unpaired) electrons. The van der Waals surface area contributed by atoms with E-state index in [4.69, 9.17) is 4.74 Å². The molecule has 0 aliphatic rings. The van der Waals surface area contributed by atoms with Crippen LogP contribution in [0.25, 0.3) is 0 Å². The fourth-order valence-corrected chi connectivity index (χ4v) is 3.28. The summed E-state index contributed by atoms with van der Waals surface area (Å²) < 4.78 is 28.2. The van der Waals surface area contributed by atoms with Crippen LogP contribution in [0, 0.1) is 0 Å². The number of nitrogens with one attached hydrogen (secondary N) is 1. The summed E-state index contributed by atoms with van der Waals surface area (Å²) in [5.74, 6) is 0.642. The molecule has 1 N–H and O–H groups in total. The van der Waals surface area contributed by atoms with E-state index < -0.39 is 9.84 Å². The number of hydrogen-bond donors (Lipinski definition) is 1. The molecule has 0 aliphatic heterocycles. The van der Waals surface area contributed by atoms with Gasteiger partial charge in [0.1, 0.15) is 5.75 Å². The highest BCUT2D eigenvalue weighted by atomic mass is 32.2. The maximum absolute atomic E-state index is 12.2. The van der Waals surface area contributed by atoms with Gasteiger partial charge in [-0.05, 0) is 55.7 Å². The minimum atomic E-state index is -3.07. The number of rotatable bonds is 8. The minimum Gasteiger partial charge on any atom is -0.491 e. The molecule has 0 heterocycles. The lowest BCUT2D eigenvalue weighted by Gasteiger charge is -2.10. The first-order valence-corrected chi connectivity index (χ1v) is 10.6. The summed E-state index contributed by atoms with van der Waals surface area (Å²) in [6.07, 6.45) is 2.05. The van der Waals surface area contributed by atoms with Gasteiger partial charge in [-0.1, -0.05) is 24.3 Å². The van der Waals surface area contributed by atoms with Crippen LogP contribution in [0.5, 0.6) is 5.75 Å². The molecule has 5 nitrogen and oxygen atoms in total. The zero-order chi connectivity index (χ0) is 19.2. The van der Waals surface area contributed by atoms with Gasteiger partial charge in [-0.25, -0.2) is 8.42 Å². The van der Waals surface area contributed by atoms with Crippen molar-refractivity contribution in [1.29, 1.82) is 0 Å². The van der Waals surface area contributed by atoms with Crippen molar-refractivity contribution in [2.75, 3.05) is 12.8 Å². The predicted octanol–water partition coefficient (Wildman–Crippen LogP) is 2.99. The Kier molecular flexibility index (Phi) is 6.80. The summed E-state index contributed by atoms with van der Waals surface area (Å²) in [5.41, 5.74) is 2.31. The Morgan fingerprint density at radius 2 is 1.58 bits per heavy atom. The Hall–Kier alpha value is -2.34. The van der Waals surface area contributed by atoms with Crippen LogP contribution >= 0.6 is 0 Å². The van der Waals surface area contributed by atoms with Gasteiger partial charge in [0, 0.05) is 18.4 Å². The summed E-state index contributed by atoms with van der Waals surface area (Å²) in [5, 5.41) is 2.87. The van der Waals surface area contributed by atoms with Crippen molar-refractivity contribution < 1.29 is 17.9 Å². The predicted molar refractivity (Wildman–Crippen MR) is 103 cm³/mol. The van der Waals surface area contributed by atoms with Gasteiger partial charge < -0.3 is 10.1 Å². The monoisotopic (exact) mass is 375 g/mol. The first-order chi connectivity index (χ1) is 12.2. The molecule has 0 spiro atoms. The maximum atomic E-state index is 12.2. The Morgan fingerprint density at radius 1 is 1.00 bits per heavy atom. The average molecular weight is 375 g/mol. The molecule has 0 bridgehead atoms. The van der Waals surface area contributed by atoms with E-state index in [1.807, 2.05) is 38.1 Å². The quantitative estimate of drug-likeness (QED) is 0.770. The smallest absolute Gasteiger partial charge is 0.251 e. The molecule has 26 heavy (non-hydrogen) atoms. The summed E-state index contributed by atoms with van der Waals surface area (Å²) in [6, 6.07) is 14.5. The van der Waals surface area contributed by atoms with Gasteiger partial charge in [0.15, 0.2) is 9.84 Å². The van der Waals surface area contributed by atoms with Crippen LogP contribution in [-0.2, 0) is 22.0 Å². The van der Waals surface area contributed by atoms with Gasteiger partial charge >= 0.3 is 0 Å². The fraction of sp³-hybridized carbons (Fsp3) is 0.350. The molecular formula is C20H25NO4S. The Bertz CT molecular complexity index is 825. The van der Waals surface area contributed by atoms with Crippen LogP contribution in [0.3, 0.4) is 0 Å². The zero-order valence-corrected chi connectivity index (χ0v) is 16.2. The first kappa shape index (κ1) is 20.0. The molecule has 6 heteroatoms. The number of benzene rings is 2. The highest BCUT2D eigenvalue weighted by molar-refractivity contribution is 7.89. The lowest BCUT2D eigenvalue weighted by molar-refractivity contribution is 0.0954. The number of ether oxygens (including phenoxy) is 1. The Labute approximate surface area is 155 Å². The van der Waals surface area contributed by atoms with Gasteiger partial charge in [-0.2, -0.15) is 0 Å². The third-order valence-corrected chi connectivity index (χ3v) is 4.50. The molecule has 0 atom stereocenters. The molecule has 140 valence electrons. The van der Waals surface area contributed by atoms with E-state index in [1.165, 1.54) is 6.26 Å². The summed E-state index contributed by atoms with van der Waals surface area (Å²) in [4.78, 5) is 12.2. The van der Waals surface area contributed by atoms with Crippen molar-refractivity contribution >= 4 is 15.7 Å². The minimum absolute atomic E-state index is 0.0224. The molecule has 1 amide bonds. The SMILES string of the molecule is CC(C)Oc1ccc(CCNC(=O)c2ccc(CS(C)(=O)=O)cc2)cc1. The number of carbonyl (C=O) groups is 1. The standard InChI is InChI=1S/C20H25NO4S/c1-15(2)25-19-10-6-16(7-11-19)12-13-21-20(22)18-8-4-17(5-9-18)14-26(3,23)24/h4-11,15H,12-14H2,1-3H3,(H,21,22). The largest absolute Gasteiger partial charge is 0.491 e. The Morgan fingerprint density at radius 3 is 2.12 bits per heavy atom. The first-order valence-electron chi connectivity index (χ1n) is 8.53. The molecule has 2 aromatic carbocycles. The fourth-order valence-electron chi connectivity index (χ4n) is 2.48. The van der Waals surface area contributed by atoms with Crippen molar-refractivity contribution in [2.45, 2.75) is 32.1 Å². The van der Waals surface area contributed by atoms with Gasteiger partial charge in [-0.15, -0.1) is 0 Å². The number of amides is 1. The van der Waals surface area contributed by atoms with E-state index in [9.17, 15) is 13.2 Å². The molecule has 2 rings (SSSR count). The molecule has 0 saturated carbocycles. The highest BCUT2D eigenvalue weighted by Crippen LogP contribution is 2.14. The van der Waals surface area contributed by atoms with Crippen molar-refractivity contribution in [3.8, 4) is 5.75 Å². The maximum Gasteiger partial charge on any atom is 0.251 e. The van der Waals surface area contributed by atoms with Gasteiger partial charge in [-0.3, -0.25) is 4.79 Å². The van der Waals surface area contributed by atoms with Crippen molar-refractivity contribution in [2.24, 2.45) is 0 Å². The van der Waals surface area contributed by atoms with Gasteiger partial charge in [0.05, 0.1) is 11.9 Å². The van der Waals surface area contributed by atoms with E-state index in [0.717, 1.165) is 17.7 Å². The second kappa shape index (κ2) is 8.85. The molecule has 0 saturated heterocycles. The van der Waals surface area contributed by atoms with Crippen LogP contribution in [0.15, 0.2) is 48.5 Å². The van der Waals surface area contributed by atoms with E-state index >= 15 is 0 Å². The third-order valence-electron chi connectivity index (χ3n) is 3.64. The molecular weight excluding hydrogens is 350 g/mol. The van der Waals surface area contributed by atoms with Crippen molar-refractivity contribution in [3.05, 3.63) is 65.2 Å². The lowest BCUT2D eigenvalue weighted by atomic mass is 10.1. The Balaban J connectivity index is 1.83. The highest BCUT2D eigenvalue weighted by Gasteiger charge is 2.08. The number of carbonyl (C=O) groups excluding carboxylic acids is 1. The van der Waals surface area contributed by atoms with Crippen LogP contribution in [0.4, 0.5) is 0 Å². The average Bonchev–Trinajstić information content (AvgIpc) is 2.55. The molecule has 0 aromatic heterocycles. The third kappa shape index (κ3) is 6.88. The summed E-state index contributed by atoms with van der Waals surface area (Å²) in [6.45, 7) is 4.49. The molecule has 0 fully saturated rings. The van der Waals surface area contributed by atoms with Crippen LogP contribution in [-0.4, -0.2) is 33.2 Å². The number of sulfone groups is 1.